The van der Waals surface area contributed by atoms with E-state index in [0.717, 1.165) is 33.8 Å². The van der Waals surface area contributed by atoms with Crippen molar-refractivity contribution in [2.45, 2.75) is 27.7 Å². The van der Waals surface area contributed by atoms with Crippen molar-refractivity contribution in [3.05, 3.63) is 71.6 Å². The van der Waals surface area contributed by atoms with Gasteiger partial charge in [0.2, 0.25) is 5.91 Å². The van der Waals surface area contributed by atoms with Gasteiger partial charge in [-0.3, -0.25) is 4.79 Å². The minimum atomic E-state index is -0.163. The van der Waals surface area contributed by atoms with Crippen LogP contribution in [0, 0.1) is 20.8 Å². The maximum atomic E-state index is 11.8. The van der Waals surface area contributed by atoms with Gasteiger partial charge in [-0.05, 0) is 63.6 Å². The van der Waals surface area contributed by atoms with Gasteiger partial charge in [0.15, 0.2) is 5.65 Å². The van der Waals surface area contributed by atoms with Crippen LogP contribution in [-0.2, 0) is 4.79 Å². The Morgan fingerprint density at radius 1 is 1.12 bits per heavy atom. The van der Waals surface area contributed by atoms with E-state index in [1.54, 1.807) is 6.08 Å². The highest BCUT2D eigenvalue weighted by Crippen LogP contribution is 2.24. The Morgan fingerprint density at radius 3 is 2.54 bits per heavy atom. The van der Waals surface area contributed by atoms with E-state index in [1.165, 1.54) is 11.6 Å². The monoisotopic (exact) mass is 346 g/mol. The summed E-state index contributed by atoms with van der Waals surface area (Å²) in [6.07, 6.45) is 6.88. The number of aromatic nitrogens is 3. The molecule has 1 aromatic carbocycles. The van der Waals surface area contributed by atoms with Crippen molar-refractivity contribution < 1.29 is 4.79 Å². The van der Waals surface area contributed by atoms with Crippen LogP contribution in [0.1, 0.15) is 23.9 Å². The fraction of sp³-hybridized carbons (Fsp3) is 0.190. The number of hydrogen-bond acceptors (Lipinski definition) is 3. The molecule has 5 nitrogen and oxygen atoms in total. The van der Waals surface area contributed by atoms with Gasteiger partial charge >= 0.3 is 0 Å². The van der Waals surface area contributed by atoms with Gasteiger partial charge in [-0.15, -0.1) is 0 Å². The van der Waals surface area contributed by atoms with E-state index in [9.17, 15) is 4.79 Å². The summed E-state index contributed by atoms with van der Waals surface area (Å²) >= 11 is 0. The highest BCUT2D eigenvalue weighted by molar-refractivity contribution is 5.99. The third kappa shape index (κ3) is 3.57. The molecule has 0 fully saturated rings. The quantitative estimate of drug-likeness (QED) is 0.562. The van der Waals surface area contributed by atoms with Crippen LogP contribution in [0.5, 0.6) is 0 Å². The molecule has 0 aliphatic carbocycles. The highest BCUT2D eigenvalue weighted by atomic mass is 16.1. The molecule has 3 aromatic rings. The predicted molar refractivity (Wildman–Crippen MR) is 106 cm³/mol. The van der Waals surface area contributed by atoms with Crippen LogP contribution in [0.4, 0.5) is 5.69 Å². The summed E-state index contributed by atoms with van der Waals surface area (Å²) in [7, 11) is 0. The zero-order valence-electron chi connectivity index (χ0n) is 15.4. The van der Waals surface area contributed by atoms with Crippen LogP contribution >= 0.6 is 0 Å². The number of anilines is 1. The number of fused-ring (bicyclic) bond motifs is 1. The molecule has 26 heavy (non-hydrogen) atoms. The minimum Gasteiger partial charge on any atom is -0.323 e. The van der Waals surface area contributed by atoms with E-state index < -0.39 is 0 Å². The first-order valence-corrected chi connectivity index (χ1v) is 8.54. The molecule has 5 heteroatoms. The number of carbonyl (C=O) groups excluding carboxylic acids is 1. The molecule has 1 amide bonds. The van der Waals surface area contributed by atoms with Gasteiger partial charge < -0.3 is 5.32 Å². The molecule has 0 aliphatic heterocycles. The Kier molecular flexibility index (Phi) is 4.98. The second-order valence-corrected chi connectivity index (χ2v) is 6.20. The number of pyridine rings is 1. The fourth-order valence-electron chi connectivity index (χ4n) is 2.97. The largest absolute Gasteiger partial charge is 0.323 e. The van der Waals surface area contributed by atoms with E-state index in [0.29, 0.717) is 0 Å². The Bertz CT molecular complexity index is 1010. The van der Waals surface area contributed by atoms with Gasteiger partial charge in [-0.2, -0.15) is 5.10 Å². The number of nitrogens with one attached hydrogen (secondary N) is 1. The summed E-state index contributed by atoms with van der Waals surface area (Å²) in [5.41, 5.74) is 5.59. The molecular weight excluding hydrogens is 324 g/mol. The van der Waals surface area contributed by atoms with Crippen molar-refractivity contribution in [2.75, 3.05) is 5.32 Å². The van der Waals surface area contributed by atoms with E-state index in [1.807, 2.05) is 61.9 Å². The van der Waals surface area contributed by atoms with Gasteiger partial charge in [0.05, 0.1) is 11.4 Å². The van der Waals surface area contributed by atoms with Gasteiger partial charge in [-0.1, -0.05) is 18.2 Å². The maximum absolute atomic E-state index is 11.8. The first-order chi connectivity index (χ1) is 12.5. The predicted octanol–water partition coefficient (Wildman–Crippen LogP) is 4.42. The van der Waals surface area contributed by atoms with Crippen LogP contribution in [0.25, 0.3) is 16.7 Å². The van der Waals surface area contributed by atoms with Crippen molar-refractivity contribution in [1.29, 1.82) is 0 Å². The smallest absolute Gasteiger partial charge is 0.248 e. The summed E-state index contributed by atoms with van der Waals surface area (Å²) in [5.74, 6) is -0.163. The second-order valence-electron chi connectivity index (χ2n) is 6.20. The molecule has 0 atom stereocenters. The molecule has 0 aliphatic rings. The SMILES string of the molecule is CC=CC=CC(=O)Nc1ccc(-n2nc(C)c3c(C)cc(C)nc32)cc1. The third-order valence-electron chi connectivity index (χ3n) is 4.07. The summed E-state index contributed by atoms with van der Waals surface area (Å²) in [4.78, 5) is 16.5. The molecule has 2 heterocycles. The van der Waals surface area contributed by atoms with E-state index in [4.69, 9.17) is 0 Å². The van der Waals surface area contributed by atoms with Crippen LogP contribution in [0.15, 0.2) is 54.6 Å². The molecule has 0 unspecified atom stereocenters. The summed E-state index contributed by atoms with van der Waals surface area (Å²) in [6.45, 7) is 7.96. The number of allylic oxidation sites excluding steroid dienone is 3. The number of aryl methyl sites for hydroxylation is 3. The van der Waals surface area contributed by atoms with Gasteiger partial charge in [0.25, 0.3) is 0 Å². The Morgan fingerprint density at radius 2 is 1.85 bits per heavy atom. The number of rotatable bonds is 4. The lowest BCUT2D eigenvalue weighted by molar-refractivity contribution is -0.111. The number of benzene rings is 1. The summed E-state index contributed by atoms with van der Waals surface area (Å²) < 4.78 is 1.85. The molecule has 0 bridgehead atoms. The molecular formula is C21H22N4O. The molecule has 2 aromatic heterocycles. The van der Waals surface area contributed by atoms with Gasteiger partial charge in [0.1, 0.15) is 0 Å². The number of hydrogen-bond donors (Lipinski definition) is 1. The minimum absolute atomic E-state index is 0.163. The molecule has 0 saturated carbocycles. The van der Waals surface area contributed by atoms with Crippen LogP contribution < -0.4 is 5.32 Å². The summed E-state index contributed by atoms with van der Waals surface area (Å²) in [6, 6.07) is 9.65. The van der Waals surface area contributed by atoms with Crippen molar-refractivity contribution in [3.63, 3.8) is 0 Å². The summed E-state index contributed by atoms with van der Waals surface area (Å²) in [5, 5.41) is 8.57. The lowest BCUT2D eigenvalue weighted by atomic mass is 10.1. The third-order valence-corrected chi connectivity index (χ3v) is 4.07. The average Bonchev–Trinajstić information content (AvgIpc) is 2.92. The number of carbonyl (C=O) groups is 1. The van der Waals surface area contributed by atoms with E-state index in [-0.39, 0.29) is 5.91 Å². The molecule has 132 valence electrons. The zero-order valence-corrected chi connectivity index (χ0v) is 15.4. The first-order valence-electron chi connectivity index (χ1n) is 8.54. The lowest BCUT2D eigenvalue weighted by Gasteiger charge is -2.06. The van der Waals surface area contributed by atoms with Gasteiger partial charge in [-0.25, -0.2) is 9.67 Å². The van der Waals surface area contributed by atoms with Crippen molar-refractivity contribution in [3.8, 4) is 5.69 Å². The Hall–Kier alpha value is -3.21. The van der Waals surface area contributed by atoms with E-state index in [2.05, 4.69) is 28.4 Å². The number of nitrogens with zero attached hydrogens (tertiary/aromatic N) is 3. The van der Waals surface area contributed by atoms with Crippen LogP contribution in [-0.4, -0.2) is 20.7 Å². The Balaban J connectivity index is 1.90. The lowest BCUT2D eigenvalue weighted by Crippen LogP contribution is -2.07. The first kappa shape index (κ1) is 17.6. The average molecular weight is 346 g/mol. The second kappa shape index (κ2) is 7.35. The van der Waals surface area contributed by atoms with E-state index >= 15 is 0 Å². The van der Waals surface area contributed by atoms with Crippen LogP contribution in [0.2, 0.25) is 0 Å². The van der Waals surface area contributed by atoms with Crippen molar-refractivity contribution >= 4 is 22.6 Å². The molecule has 0 saturated heterocycles. The molecule has 0 spiro atoms. The maximum Gasteiger partial charge on any atom is 0.248 e. The normalized spacial score (nSPS) is 11.7. The fourth-order valence-corrected chi connectivity index (χ4v) is 2.97. The van der Waals surface area contributed by atoms with Crippen molar-refractivity contribution in [2.24, 2.45) is 0 Å². The topological polar surface area (TPSA) is 59.8 Å². The molecule has 3 rings (SSSR count). The molecule has 0 radical (unpaired) electrons. The highest BCUT2D eigenvalue weighted by Gasteiger charge is 2.13. The Labute approximate surface area is 153 Å². The van der Waals surface area contributed by atoms with Gasteiger partial charge in [0, 0.05) is 22.8 Å². The number of amides is 1. The zero-order chi connectivity index (χ0) is 18.7. The standard InChI is InChI=1S/C21H22N4O/c1-5-6-7-8-19(26)23-17-9-11-18(12-10-17)25-21-20(16(4)24-25)14(2)13-15(3)22-21/h5-13H,1-4H3,(H,23,26). The van der Waals surface area contributed by atoms with Crippen molar-refractivity contribution in [1.82, 2.24) is 14.8 Å². The van der Waals surface area contributed by atoms with Crippen LogP contribution in [0.3, 0.4) is 0 Å². The molecule has 1 N–H and O–H groups in total.